The summed E-state index contributed by atoms with van der Waals surface area (Å²) in [6.45, 7) is 9.77. The van der Waals surface area contributed by atoms with Crippen molar-refractivity contribution in [2.75, 3.05) is 7.11 Å². The van der Waals surface area contributed by atoms with Gasteiger partial charge in [0, 0.05) is 21.9 Å². The molecule has 0 aliphatic heterocycles. The van der Waals surface area contributed by atoms with Gasteiger partial charge >= 0.3 is 18.3 Å². The molecule has 0 radical (unpaired) electrons. The molecule has 32 heavy (non-hydrogen) atoms. The molecule has 0 saturated carbocycles. The van der Waals surface area contributed by atoms with E-state index in [-0.39, 0.29) is 27.3 Å². The van der Waals surface area contributed by atoms with Crippen molar-refractivity contribution in [2.24, 2.45) is 0 Å². The summed E-state index contributed by atoms with van der Waals surface area (Å²) in [5.41, 5.74) is 0.165. The lowest BCUT2D eigenvalue weighted by molar-refractivity contribution is -0.274. The first kappa shape index (κ1) is 23.1. The molecule has 0 aliphatic rings. The summed E-state index contributed by atoms with van der Waals surface area (Å²) in [5.74, 6) is -2.44. The lowest BCUT2D eigenvalue weighted by atomic mass is 10.1. The van der Waals surface area contributed by atoms with E-state index in [0.717, 1.165) is 11.3 Å². The molecule has 0 spiro atoms. The van der Waals surface area contributed by atoms with Crippen LogP contribution in [0.5, 0.6) is 23.0 Å². The number of carbonyl (C=O) groups is 2. The molecule has 10 heteroatoms. The first-order valence-corrected chi connectivity index (χ1v) is 9.82. The second-order valence-electron chi connectivity index (χ2n) is 6.73. The summed E-state index contributed by atoms with van der Waals surface area (Å²) in [5, 5.41) is 0.928. The van der Waals surface area contributed by atoms with Crippen LogP contribution in [0.15, 0.2) is 48.6 Å². The van der Waals surface area contributed by atoms with Crippen molar-refractivity contribution >= 4 is 43.4 Å². The smallest absolute Gasteiger partial charge is 0.491 e. The van der Waals surface area contributed by atoms with Gasteiger partial charge in [0.05, 0.1) is 16.5 Å². The molecule has 0 bridgehead atoms. The maximum atomic E-state index is 13.2. The number of rotatable bonds is 6. The Morgan fingerprint density at radius 2 is 1.28 bits per heavy atom. The minimum atomic E-state index is -5.04. The van der Waals surface area contributed by atoms with Crippen LogP contribution >= 0.6 is 11.3 Å². The standard InChI is InChI=1S/C22H17F3O6S/c1-10(2)20(26)29-14-8-6-12-13-7-9-15(30-21(27)11(3)4)17(31-22(23,24)25)19(13)32-18(12)16(14)28-5/h6-9H,1,3H2,2,4-5H3. The summed E-state index contributed by atoms with van der Waals surface area (Å²) >= 11 is 0.902. The van der Waals surface area contributed by atoms with Gasteiger partial charge in [0.15, 0.2) is 23.0 Å². The third kappa shape index (κ3) is 4.54. The van der Waals surface area contributed by atoms with Crippen molar-refractivity contribution in [2.45, 2.75) is 20.2 Å². The maximum absolute atomic E-state index is 13.2. The van der Waals surface area contributed by atoms with Crippen molar-refractivity contribution in [1.82, 2.24) is 0 Å². The molecule has 0 aliphatic carbocycles. The number of thiophene rings is 1. The number of methoxy groups -OCH3 is 1. The molecule has 168 valence electrons. The monoisotopic (exact) mass is 466 g/mol. The SMILES string of the molecule is C=C(C)C(=O)Oc1ccc2c(sc3c(OC(F)(F)F)c(OC(=O)C(=C)C)ccc32)c1OC. The molecule has 0 saturated heterocycles. The van der Waals surface area contributed by atoms with Gasteiger partial charge in [0.25, 0.3) is 0 Å². The zero-order valence-electron chi connectivity index (χ0n) is 17.2. The fourth-order valence-corrected chi connectivity index (χ4v) is 4.05. The fraction of sp³-hybridized carbons (Fsp3) is 0.182. The van der Waals surface area contributed by atoms with Crippen LogP contribution in [-0.2, 0) is 9.59 Å². The highest BCUT2D eigenvalue weighted by molar-refractivity contribution is 7.26. The van der Waals surface area contributed by atoms with Crippen LogP contribution in [0.25, 0.3) is 20.2 Å². The van der Waals surface area contributed by atoms with E-state index < -0.39 is 29.8 Å². The van der Waals surface area contributed by atoms with E-state index in [9.17, 15) is 22.8 Å². The second-order valence-corrected chi connectivity index (χ2v) is 7.75. The van der Waals surface area contributed by atoms with Gasteiger partial charge in [-0.2, -0.15) is 0 Å². The van der Waals surface area contributed by atoms with Crippen molar-refractivity contribution in [3.63, 3.8) is 0 Å². The summed E-state index contributed by atoms with van der Waals surface area (Å²) in [7, 11) is 1.34. The molecule has 0 amide bonds. The maximum Gasteiger partial charge on any atom is 0.573 e. The van der Waals surface area contributed by atoms with Crippen LogP contribution in [0.4, 0.5) is 13.2 Å². The van der Waals surface area contributed by atoms with E-state index in [1.54, 1.807) is 6.07 Å². The van der Waals surface area contributed by atoms with E-state index >= 15 is 0 Å². The van der Waals surface area contributed by atoms with Gasteiger partial charge < -0.3 is 18.9 Å². The molecule has 1 heterocycles. The number of halogens is 3. The Balaban J connectivity index is 2.26. The van der Waals surface area contributed by atoms with Crippen LogP contribution in [0.2, 0.25) is 0 Å². The largest absolute Gasteiger partial charge is 0.573 e. The number of benzene rings is 2. The zero-order valence-corrected chi connectivity index (χ0v) is 18.0. The third-order valence-electron chi connectivity index (χ3n) is 4.17. The van der Waals surface area contributed by atoms with Gasteiger partial charge in [-0.1, -0.05) is 13.2 Å². The van der Waals surface area contributed by atoms with Gasteiger partial charge in [0.1, 0.15) is 0 Å². The van der Waals surface area contributed by atoms with E-state index in [1.807, 2.05) is 0 Å². The second kappa shape index (κ2) is 8.54. The lowest BCUT2D eigenvalue weighted by Crippen LogP contribution is -2.18. The molecule has 1 aromatic heterocycles. The molecular weight excluding hydrogens is 449 g/mol. The summed E-state index contributed by atoms with van der Waals surface area (Å²) < 4.78 is 59.9. The first-order valence-electron chi connectivity index (χ1n) is 9.00. The Hall–Kier alpha value is -3.53. The van der Waals surface area contributed by atoms with Gasteiger partial charge in [-0.25, -0.2) is 9.59 Å². The Kier molecular flexibility index (Phi) is 6.18. The number of esters is 2. The minimum Gasteiger partial charge on any atom is -0.491 e. The Labute approximate surface area is 184 Å². The first-order chi connectivity index (χ1) is 14.9. The molecular formula is C22H17F3O6S. The summed E-state index contributed by atoms with van der Waals surface area (Å²) in [6.07, 6.45) is -5.04. The van der Waals surface area contributed by atoms with Gasteiger partial charge in [0.2, 0.25) is 0 Å². The van der Waals surface area contributed by atoms with Gasteiger partial charge in [-0.3, -0.25) is 0 Å². The highest BCUT2D eigenvalue weighted by Gasteiger charge is 2.35. The summed E-state index contributed by atoms with van der Waals surface area (Å²) in [6, 6.07) is 5.75. The fourth-order valence-electron chi connectivity index (χ4n) is 2.76. The molecule has 0 fully saturated rings. The number of hydrogen-bond donors (Lipinski definition) is 0. The number of ether oxygens (including phenoxy) is 4. The van der Waals surface area contributed by atoms with E-state index in [2.05, 4.69) is 17.9 Å². The van der Waals surface area contributed by atoms with Crippen molar-refractivity contribution in [3.05, 3.63) is 48.6 Å². The average molecular weight is 466 g/mol. The number of carbonyl (C=O) groups excluding carboxylic acids is 2. The Morgan fingerprint density at radius 1 is 0.844 bits per heavy atom. The van der Waals surface area contributed by atoms with Crippen LogP contribution < -0.4 is 18.9 Å². The van der Waals surface area contributed by atoms with Crippen LogP contribution in [0.3, 0.4) is 0 Å². The molecule has 3 aromatic rings. The van der Waals surface area contributed by atoms with Crippen molar-refractivity contribution < 1.29 is 41.7 Å². The Morgan fingerprint density at radius 3 is 1.69 bits per heavy atom. The normalized spacial score (nSPS) is 11.3. The topological polar surface area (TPSA) is 71.1 Å². The van der Waals surface area contributed by atoms with Crippen LogP contribution in [0.1, 0.15) is 13.8 Å². The van der Waals surface area contributed by atoms with E-state index in [1.165, 1.54) is 39.2 Å². The molecule has 3 rings (SSSR count). The number of hydrogen-bond acceptors (Lipinski definition) is 7. The van der Waals surface area contributed by atoms with Crippen molar-refractivity contribution in [1.29, 1.82) is 0 Å². The third-order valence-corrected chi connectivity index (χ3v) is 5.39. The predicted octanol–water partition coefficient (Wildman–Crippen LogP) is 5.92. The lowest BCUT2D eigenvalue weighted by Gasteiger charge is -2.14. The average Bonchev–Trinajstić information content (AvgIpc) is 3.07. The summed E-state index contributed by atoms with van der Waals surface area (Å²) in [4.78, 5) is 23.8. The minimum absolute atomic E-state index is 0.00466. The van der Waals surface area contributed by atoms with Crippen molar-refractivity contribution in [3.8, 4) is 23.0 Å². The molecule has 0 atom stereocenters. The van der Waals surface area contributed by atoms with E-state index in [0.29, 0.717) is 15.5 Å². The zero-order chi connectivity index (χ0) is 23.8. The quantitative estimate of drug-likeness (QED) is 0.255. The highest BCUT2D eigenvalue weighted by atomic mass is 32.1. The highest BCUT2D eigenvalue weighted by Crippen LogP contribution is 2.50. The Bertz CT molecular complexity index is 1270. The predicted molar refractivity (Wildman–Crippen MR) is 113 cm³/mol. The molecule has 0 unspecified atom stereocenters. The van der Waals surface area contributed by atoms with Gasteiger partial charge in [-0.15, -0.1) is 24.5 Å². The number of fused-ring (bicyclic) bond motifs is 3. The van der Waals surface area contributed by atoms with E-state index in [4.69, 9.17) is 14.2 Å². The van der Waals surface area contributed by atoms with Gasteiger partial charge in [-0.05, 0) is 38.1 Å². The molecule has 2 aromatic carbocycles. The molecule has 6 nitrogen and oxygen atoms in total. The van der Waals surface area contributed by atoms with Crippen LogP contribution in [-0.4, -0.2) is 25.4 Å². The molecule has 0 N–H and O–H groups in total. The van der Waals surface area contributed by atoms with Crippen LogP contribution in [0, 0.1) is 0 Å². The number of alkyl halides is 3.